The zero-order valence-corrected chi connectivity index (χ0v) is 16.1. The first-order chi connectivity index (χ1) is 11.4. The summed E-state index contributed by atoms with van der Waals surface area (Å²) in [5.41, 5.74) is -0.803. The maximum Gasteiger partial charge on any atom is 0.410 e. The van der Waals surface area contributed by atoms with Gasteiger partial charge in [-0.25, -0.2) is 9.78 Å². The maximum atomic E-state index is 13.5. The first-order valence-electron chi connectivity index (χ1n) is 7.51. The molecule has 0 aromatic carbocycles. The topological polar surface area (TPSA) is 45.7 Å². The second kappa shape index (κ2) is 7.12. The first-order valence-corrected chi connectivity index (χ1v) is 8.59. The van der Waals surface area contributed by atoms with Gasteiger partial charge in [0.25, 0.3) is 0 Å². The van der Waals surface area contributed by atoms with E-state index in [1.165, 1.54) is 6.07 Å². The smallest absolute Gasteiger partial charge is 0.410 e. The number of hydrogen-bond donors (Lipinski definition) is 0. The van der Waals surface area contributed by atoms with Gasteiger partial charge < -0.3 is 14.5 Å². The Morgan fingerprint density at radius 1 is 1.28 bits per heavy atom. The van der Waals surface area contributed by atoms with Gasteiger partial charge in [-0.1, -0.05) is 0 Å². The summed E-state index contributed by atoms with van der Waals surface area (Å²) in [6.07, 6.45) is -5.41. The summed E-state index contributed by atoms with van der Waals surface area (Å²) in [5.74, 6) is -0.951. The van der Waals surface area contributed by atoms with Crippen LogP contribution in [-0.2, 0) is 4.74 Å². The molecule has 0 aliphatic carbocycles. The number of hydrogen-bond acceptors (Lipinski definition) is 4. The van der Waals surface area contributed by atoms with Crippen molar-refractivity contribution in [3.63, 3.8) is 0 Å². The number of piperazine rings is 1. The normalized spacial score (nSPS) is 19.1. The van der Waals surface area contributed by atoms with E-state index in [4.69, 9.17) is 4.74 Å². The number of rotatable bonds is 1. The minimum Gasteiger partial charge on any atom is -0.444 e. The predicted molar refractivity (Wildman–Crippen MR) is 91.9 cm³/mol. The molecular weight excluding hydrogens is 457 g/mol. The van der Waals surface area contributed by atoms with Crippen LogP contribution in [0.2, 0.25) is 0 Å². The van der Waals surface area contributed by atoms with Crippen LogP contribution in [0.5, 0.6) is 0 Å². The van der Waals surface area contributed by atoms with Crippen LogP contribution in [0.3, 0.4) is 0 Å². The van der Waals surface area contributed by atoms with Crippen LogP contribution in [0.15, 0.2) is 12.1 Å². The molecule has 1 aromatic heterocycles. The lowest BCUT2D eigenvalue weighted by molar-refractivity contribution is -0.155. The molecule has 0 bridgehead atoms. The molecule has 1 atom stereocenters. The monoisotopic (exact) mass is 475 g/mol. The Kier molecular flexibility index (Phi) is 5.69. The fraction of sp³-hybridized carbons (Fsp3) is 0.600. The van der Waals surface area contributed by atoms with E-state index in [0.717, 1.165) is 15.9 Å². The van der Waals surface area contributed by atoms with Crippen LogP contribution in [0.25, 0.3) is 0 Å². The minimum absolute atomic E-state index is 0.0241. The van der Waals surface area contributed by atoms with Crippen LogP contribution >= 0.6 is 22.6 Å². The third-order valence-corrected chi connectivity index (χ3v) is 4.07. The summed E-state index contributed by atoms with van der Waals surface area (Å²) in [7, 11) is 0. The number of carbonyl (C=O) groups is 1. The molecule has 2 rings (SSSR count). The third-order valence-electron chi connectivity index (χ3n) is 3.45. The number of pyridine rings is 1. The van der Waals surface area contributed by atoms with Gasteiger partial charge in [0.15, 0.2) is 0 Å². The Balaban J connectivity index is 2.25. The molecule has 0 saturated carbocycles. The highest BCUT2D eigenvalue weighted by molar-refractivity contribution is 14.1. The first kappa shape index (κ1) is 20.0. The lowest BCUT2D eigenvalue weighted by Gasteiger charge is -2.42. The number of alkyl halides is 3. The van der Waals surface area contributed by atoms with E-state index < -0.39 is 36.4 Å². The van der Waals surface area contributed by atoms with E-state index in [0.29, 0.717) is 3.57 Å². The highest BCUT2D eigenvalue weighted by atomic mass is 127. The molecule has 0 spiro atoms. The van der Waals surface area contributed by atoms with Crippen molar-refractivity contribution in [1.29, 1.82) is 0 Å². The van der Waals surface area contributed by atoms with E-state index in [1.807, 2.05) is 22.6 Å². The van der Waals surface area contributed by atoms with Crippen LogP contribution in [0.4, 0.5) is 28.2 Å². The molecule has 1 saturated heterocycles. The van der Waals surface area contributed by atoms with Crippen LogP contribution < -0.4 is 4.90 Å². The zero-order valence-electron chi connectivity index (χ0n) is 13.9. The fourth-order valence-corrected chi connectivity index (χ4v) is 2.97. The average Bonchev–Trinajstić information content (AvgIpc) is 2.42. The van der Waals surface area contributed by atoms with Crippen molar-refractivity contribution in [2.75, 3.05) is 24.5 Å². The third kappa shape index (κ3) is 5.32. The fourth-order valence-electron chi connectivity index (χ4n) is 2.43. The minimum atomic E-state index is -4.61. The van der Waals surface area contributed by atoms with Gasteiger partial charge in [0.05, 0.1) is 6.54 Å². The molecule has 0 radical (unpaired) electrons. The number of aromatic nitrogens is 1. The Morgan fingerprint density at radius 2 is 1.92 bits per heavy atom. The highest BCUT2D eigenvalue weighted by Crippen LogP contribution is 2.32. The Bertz CT molecular complexity index is 628. The van der Waals surface area contributed by atoms with Gasteiger partial charge in [-0.05, 0) is 49.4 Å². The molecular formula is C15H18F4IN3O2. The number of carbonyl (C=O) groups excluding carboxylic acids is 1. The number of anilines is 1. The summed E-state index contributed by atoms with van der Waals surface area (Å²) >= 11 is 1.81. The van der Waals surface area contributed by atoms with E-state index >= 15 is 0 Å². The molecule has 5 nitrogen and oxygen atoms in total. The second-order valence-electron chi connectivity index (χ2n) is 6.64. The molecule has 10 heteroatoms. The summed E-state index contributed by atoms with van der Waals surface area (Å²) in [6.45, 7) is 4.21. The van der Waals surface area contributed by atoms with Crippen LogP contribution in [0.1, 0.15) is 20.8 Å². The summed E-state index contributed by atoms with van der Waals surface area (Å²) in [4.78, 5) is 17.6. The molecule has 0 unspecified atom stereocenters. The zero-order chi connectivity index (χ0) is 19.0. The molecule has 1 amide bonds. The standard InChI is InChI=1S/C15H18F4IN3O2/c1-14(2,3)25-13(24)22-4-5-23(10(8-22)15(17,18)19)12-7-9(20)6-11(16)21-12/h6-7,10H,4-5,8H2,1-3H3/t10-/m1/s1. The Hall–Kier alpha value is -1.33. The average molecular weight is 475 g/mol. The van der Waals surface area contributed by atoms with Crippen molar-refractivity contribution in [2.45, 2.75) is 38.6 Å². The molecule has 1 aliphatic heterocycles. The second-order valence-corrected chi connectivity index (χ2v) is 7.89. The van der Waals surface area contributed by atoms with Crippen molar-refractivity contribution in [1.82, 2.24) is 9.88 Å². The van der Waals surface area contributed by atoms with E-state index in [-0.39, 0.29) is 18.9 Å². The van der Waals surface area contributed by atoms with Gasteiger partial charge in [0, 0.05) is 22.7 Å². The number of amides is 1. The van der Waals surface area contributed by atoms with Gasteiger partial charge in [-0.3, -0.25) is 0 Å². The van der Waals surface area contributed by atoms with Gasteiger partial charge >= 0.3 is 12.3 Å². The summed E-state index contributed by atoms with van der Waals surface area (Å²) in [6, 6.07) is 0.522. The molecule has 0 N–H and O–H groups in total. The molecule has 1 aromatic rings. The van der Waals surface area contributed by atoms with E-state index in [9.17, 15) is 22.4 Å². The number of ether oxygens (including phenoxy) is 1. The van der Waals surface area contributed by atoms with Crippen molar-refractivity contribution < 1.29 is 27.1 Å². The number of halogens is 5. The predicted octanol–water partition coefficient (Wildman–Crippen LogP) is 3.81. The van der Waals surface area contributed by atoms with Crippen LogP contribution in [-0.4, -0.2) is 53.4 Å². The Labute approximate surface area is 156 Å². The SMILES string of the molecule is CC(C)(C)OC(=O)N1CCN(c2cc(I)cc(F)n2)[C@@H](C(F)(F)F)C1. The van der Waals surface area contributed by atoms with Crippen molar-refractivity contribution in [2.24, 2.45) is 0 Å². The van der Waals surface area contributed by atoms with Crippen molar-refractivity contribution in [3.8, 4) is 0 Å². The quantitative estimate of drug-likeness (QED) is 0.352. The lowest BCUT2D eigenvalue weighted by Crippen LogP contribution is -2.61. The lowest BCUT2D eigenvalue weighted by atomic mass is 10.1. The largest absolute Gasteiger partial charge is 0.444 e. The van der Waals surface area contributed by atoms with Crippen molar-refractivity contribution in [3.05, 3.63) is 21.7 Å². The number of nitrogens with zero attached hydrogens (tertiary/aromatic N) is 3. The molecule has 140 valence electrons. The van der Waals surface area contributed by atoms with Gasteiger partial charge in [-0.2, -0.15) is 17.6 Å². The van der Waals surface area contributed by atoms with Crippen LogP contribution in [0, 0.1) is 9.52 Å². The molecule has 1 aliphatic rings. The summed E-state index contributed by atoms with van der Waals surface area (Å²) in [5, 5.41) is 0. The van der Waals surface area contributed by atoms with E-state index in [2.05, 4.69) is 4.98 Å². The molecule has 1 fully saturated rings. The van der Waals surface area contributed by atoms with E-state index in [1.54, 1.807) is 20.8 Å². The van der Waals surface area contributed by atoms with Gasteiger partial charge in [0.2, 0.25) is 5.95 Å². The maximum absolute atomic E-state index is 13.5. The van der Waals surface area contributed by atoms with Gasteiger partial charge in [-0.15, -0.1) is 0 Å². The van der Waals surface area contributed by atoms with Gasteiger partial charge in [0.1, 0.15) is 17.5 Å². The molecule has 25 heavy (non-hydrogen) atoms. The highest BCUT2D eigenvalue weighted by Gasteiger charge is 2.48. The Morgan fingerprint density at radius 3 is 2.44 bits per heavy atom. The summed E-state index contributed by atoms with van der Waals surface area (Å²) < 4.78 is 59.6. The molecule has 2 heterocycles. The van der Waals surface area contributed by atoms with Crippen molar-refractivity contribution >= 4 is 34.5 Å².